The molecule has 0 spiro atoms. The van der Waals surface area contributed by atoms with Crippen molar-refractivity contribution in [3.8, 4) is 0 Å². The molecule has 0 aliphatic carbocycles. The summed E-state index contributed by atoms with van der Waals surface area (Å²) in [5, 5.41) is 3.45. The van der Waals surface area contributed by atoms with Crippen LogP contribution in [0.5, 0.6) is 0 Å². The third kappa shape index (κ3) is 1.96. The van der Waals surface area contributed by atoms with E-state index in [2.05, 4.69) is 19.6 Å². The van der Waals surface area contributed by atoms with E-state index in [1.54, 1.807) is 0 Å². The van der Waals surface area contributed by atoms with E-state index < -0.39 is 11.2 Å². The minimum Gasteiger partial charge on any atom is -0.343 e. The SMILES string of the molecule is O=c1[nH]c(=O)n(Cc2ncon2)cc1Cl. The van der Waals surface area contributed by atoms with Crippen molar-refractivity contribution >= 4 is 11.6 Å². The first-order chi connectivity index (χ1) is 7.16. The normalized spacial score (nSPS) is 10.5. The molecule has 0 aliphatic rings. The fraction of sp³-hybridized carbons (Fsp3) is 0.143. The number of nitrogens with zero attached hydrogens (tertiary/aromatic N) is 3. The van der Waals surface area contributed by atoms with Gasteiger partial charge in [0.2, 0.25) is 6.39 Å². The molecule has 7 nitrogen and oxygen atoms in total. The Morgan fingerprint density at radius 1 is 1.53 bits per heavy atom. The first-order valence-corrected chi connectivity index (χ1v) is 4.29. The highest BCUT2D eigenvalue weighted by Crippen LogP contribution is 1.97. The number of hydrogen-bond acceptors (Lipinski definition) is 5. The van der Waals surface area contributed by atoms with E-state index in [-0.39, 0.29) is 11.6 Å². The number of hydrogen-bond donors (Lipinski definition) is 1. The molecule has 2 heterocycles. The molecule has 2 aromatic rings. The summed E-state index contributed by atoms with van der Waals surface area (Å²) in [6.45, 7) is 0.0891. The summed E-state index contributed by atoms with van der Waals surface area (Å²) in [6.07, 6.45) is 2.37. The molecule has 0 bridgehead atoms. The molecule has 0 radical (unpaired) electrons. The van der Waals surface area contributed by atoms with Gasteiger partial charge >= 0.3 is 5.69 Å². The molecule has 15 heavy (non-hydrogen) atoms. The quantitative estimate of drug-likeness (QED) is 0.756. The third-order valence-corrected chi connectivity index (χ3v) is 1.96. The molecule has 0 aromatic carbocycles. The molecule has 2 aromatic heterocycles. The van der Waals surface area contributed by atoms with Crippen molar-refractivity contribution in [1.29, 1.82) is 0 Å². The average molecular weight is 229 g/mol. The van der Waals surface area contributed by atoms with Gasteiger partial charge in [-0.05, 0) is 0 Å². The van der Waals surface area contributed by atoms with Gasteiger partial charge in [0.05, 0.1) is 6.54 Å². The van der Waals surface area contributed by atoms with Crippen LogP contribution < -0.4 is 11.2 Å². The van der Waals surface area contributed by atoms with E-state index in [1.165, 1.54) is 10.8 Å². The van der Waals surface area contributed by atoms with Gasteiger partial charge in [-0.3, -0.25) is 14.3 Å². The average Bonchev–Trinajstić information content (AvgIpc) is 2.67. The molecule has 0 saturated heterocycles. The lowest BCUT2D eigenvalue weighted by atomic mass is 10.5. The van der Waals surface area contributed by atoms with Crippen molar-refractivity contribution < 1.29 is 4.52 Å². The van der Waals surface area contributed by atoms with E-state index >= 15 is 0 Å². The van der Waals surface area contributed by atoms with E-state index in [1.807, 2.05) is 0 Å². The van der Waals surface area contributed by atoms with Crippen molar-refractivity contribution in [1.82, 2.24) is 19.7 Å². The fourth-order valence-electron chi connectivity index (χ4n) is 1.01. The minimum absolute atomic E-state index is 0.0712. The molecule has 0 unspecified atom stereocenters. The lowest BCUT2D eigenvalue weighted by Gasteiger charge is -2.00. The third-order valence-electron chi connectivity index (χ3n) is 1.69. The Morgan fingerprint density at radius 2 is 2.33 bits per heavy atom. The largest absolute Gasteiger partial charge is 0.343 e. The Kier molecular flexibility index (Phi) is 2.38. The molecular formula is C7H5ClN4O3. The summed E-state index contributed by atoms with van der Waals surface area (Å²) in [5.74, 6) is 0.320. The van der Waals surface area contributed by atoms with E-state index in [9.17, 15) is 9.59 Å². The van der Waals surface area contributed by atoms with Crippen LogP contribution in [-0.4, -0.2) is 19.7 Å². The second kappa shape index (κ2) is 3.70. The summed E-state index contributed by atoms with van der Waals surface area (Å²) < 4.78 is 5.67. The first-order valence-electron chi connectivity index (χ1n) is 3.91. The monoisotopic (exact) mass is 228 g/mol. The number of nitrogens with one attached hydrogen (secondary N) is 1. The van der Waals surface area contributed by atoms with E-state index in [0.717, 1.165) is 6.39 Å². The van der Waals surface area contributed by atoms with Gasteiger partial charge < -0.3 is 4.52 Å². The Labute approximate surface area is 87.3 Å². The van der Waals surface area contributed by atoms with Crippen molar-refractivity contribution in [2.24, 2.45) is 0 Å². The maximum absolute atomic E-state index is 11.3. The smallest absolute Gasteiger partial charge is 0.328 e. The Hall–Kier alpha value is -1.89. The van der Waals surface area contributed by atoms with Gasteiger partial charge in [0.15, 0.2) is 5.82 Å². The highest BCUT2D eigenvalue weighted by molar-refractivity contribution is 6.30. The molecule has 8 heteroatoms. The minimum atomic E-state index is -0.619. The lowest BCUT2D eigenvalue weighted by Crippen LogP contribution is -2.30. The van der Waals surface area contributed by atoms with Gasteiger partial charge in [-0.2, -0.15) is 4.98 Å². The van der Waals surface area contributed by atoms with Gasteiger partial charge in [-0.15, -0.1) is 0 Å². The molecule has 0 saturated carbocycles. The second-order valence-corrected chi connectivity index (χ2v) is 3.12. The van der Waals surface area contributed by atoms with Gasteiger partial charge in [0.25, 0.3) is 5.56 Å². The summed E-state index contributed by atoms with van der Waals surface area (Å²) in [7, 11) is 0. The summed E-state index contributed by atoms with van der Waals surface area (Å²) in [4.78, 5) is 28.0. The summed E-state index contributed by atoms with van der Waals surface area (Å²) in [6, 6.07) is 0. The zero-order valence-corrected chi connectivity index (χ0v) is 8.06. The van der Waals surface area contributed by atoms with E-state index in [0.29, 0.717) is 5.82 Å². The topological polar surface area (TPSA) is 93.8 Å². The highest BCUT2D eigenvalue weighted by Gasteiger charge is 2.05. The van der Waals surface area contributed by atoms with E-state index in [4.69, 9.17) is 11.6 Å². The van der Waals surface area contributed by atoms with Crippen LogP contribution in [0.1, 0.15) is 5.82 Å². The van der Waals surface area contributed by atoms with Crippen molar-refractivity contribution in [2.45, 2.75) is 6.54 Å². The molecule has 0 fully saturated rings. The lowest BCUT2D eigenvalue weighted by molar-refractivity contribution is 0.407. The predicted octanol–water partition coefficient (Wildman–Crippen LogP) is -0.379. The molecule has 2 rings (SSSR count). The van der Waals surface area contributed by atoms with Gasteiger partial charge in [0, 0.05) is 6.20 Å². The van der Waals surface area contributed by atoms with Crippen molar-refractivity contribution in [2.75, 3.05) is 0 Å². The van der Waals surface area contributed by atoms with Gasteiger partial charge in [-0.25, -0.2) is 4.79 Å². The zero-order chi connectivity index (χ0) is 10.8. The predicted molar refractivity (Wildman–Crippen MR) is 49.7 cm³/mol. The van der Waals surface area contributed by atoms with Crippen LogP contribution in [0.15, 0.2) is 26.7 Å². The fourth-order valence-corrected chi connectivity index (χ4v) is 1.18. The zero-order valence-electron chi connectivity index (χ0n) is 7.31. The number of rotatable bonds is 2. The maximum Gasteiger partial charge on any atom is 0.328 e. The van der Waals surface area contributed by atoms with Crippen LogP contribution in [-0.2, 0) is 6.54 Å². The molecule has 0 amide bonds. The van der Waals surface area contributed by atoms with Gasteiger partial charge in [0.1, 0.15) is 5.02 Å². The second-order valence-electron chi connectivity index (χ2n) is 2.71. The van der Waals surface area contributed by atoms with Crippen LogP contribution >= 0.6 is 11.6 Å². The Bertz CT molecular complexity index is 571. The van der Waals surface area contributed by atoms with Crippen LogP contribution in [0.2, 0.25) is 5.02 Å². The van der Waals surface area contributed by atoms with Crippen molar-refractivity contribution in [3.63, 3.8) is 0 Å². The maximum atomic E-state index is 11.3. The van der Waals surface area contributed by atoms with Gasteiger partial charge in [-0.1, -0.05) is 16.8 Å². The van der Waals surface area contributed by atoms with Crippen molar-refractivity contribution in [3.05, 3.63) is 44.3 Å². The Morgan fingerprint density at radius 3 is 3.00 bits per heavy atom. The highest BCUT2D eigenvalue weighted by atomic mass is 35.5. The number of aromatic nitrogens is 4. The summed E-state index contributed by atoms with van der Waals surface area (Å²) in [5.41, 5.74) is -1.19. The number of halogens is 1. The molecular weight excluding hydrogens is 224 g/mol. The standard InChI is InChI=1S/C7H5ClN4O3/c8-4-1-12(7(14)10-6(4)13)2-5-9-3-15-11-5/h1,3H,2H2,(H,10,13,14). The molecule has 0 aliphatic heterocycles. The van der Waals surface area contributed by atoms with Crippen LogP contribution in [0, 0.1) is 0 Å². The number of H-pyrrole nitrogens is 1. The van der Waals surface area contributed by atoms with Crippen LogP contribution in [0.4, 0.5) is 0 Å². The number of aromatic amines is 1. The Balaban J connectivity index is 2.42. The molecule has 0 atom stereocenters. The first kappa shape index (κ1) is 9.66. The van der Waals surface area contributed by atoms with Crippen LogP contribution in [0.3, 0.4) is 0 Å². The molecule has 78 valence electrons. The molecule has 1 N–H and O–H groups in total. The summed E-state index contributed by atoms with van der Waals surface area (Å²) >= 11 is 5.56. The van der Waals surface area contributed by atoms with Crippen LogP contribution in [0.25, 0.3) is 0 Å².